The van der Waals surface area contributed by atoms with Crippen molar-refractivity contribution in [2.24, 2.45) is 0 Å². The van der Waals surface area contributed by atoms with Crippen molar-refractivity contribution in [2.75, 3.05) is 6.54 Å². The van der Waals surface area contributed by atoms with E-state index in [0.29, 0.717) is 0 Å². The topological polar surface area (TPSA) is 55.6 Å². The lowest BCUT2D eigenvalue weighted by Gasteiger charge is -2.12. The number of aromatic nitrogens is 4. The van der Waals surface area contributed by atoms with Gasteiger partial charge < -0.3 is 5.32 Å². The first kappa shape index (κ1) is 13.2. The van der Waals surface area contributed by atoms with Crippen molar-refractivity contribution in [2.45, 2.75) is 39.8 Å². The average molecular weight is 265 g/mol. The summed E-state index contributed by atoms with van der Waals surface area (Å²) in [6.07, 6.45) is 1.11. The monoisotopic (exact) mass is 265 g/mol. The van der Waals surface area contributed by atoms with Crippen LogP contribution in [0.2, 0.25) is 0 Å². The second-order valence-electron chi connectivity index (χ2n) is 4.40. The molecule has 6 heteroatoms. The van der Waals surface area contributed by atoms with Gasteiger partial charge in [0.25, 0.3) is 0 Å². The van der Waals surface area contributed by atoms with Crippen LogP contribution in [0.3, 0.4) is 0 Å². The van der Waals surface area contributed by atoms with E-state index in [4.69, 9.17) is 0 Å². The maximum atomic E-state index is 4.12. The Morgan fingerprint density at radius 3 is 3.00 bits per heavy atom. The number of hydrogen-bond acceptors (Lipinski definition) is 5. The summed E-state index contributed by atoms with van der Waals surface area (Å²) in [5.41, 5.74) is 1.30. The summed E-state index contributed by atoms with van der Waals surface area (Å²) in [6.45, 7) is 8.10. The molecule has 2 rings (SSSR count). The summed E-state index contributed by atoms with van der Waals surface area (Å²) in [7, 11) is 0. The van der Waals surface area contributed by atoms with Crippen molar-refractivity contribution in [1.29, 1.82) is 0 Å². The van der Waals surface area contributed by atoms with Crippen LogP contribution in [-0.4, -0.2) is 26.8 Å². The fourth-order valence-corrected chi connectivity index (χ4v) is 2.68. The molecule has 5 nitrogen and oxygen atoms in total. The van der Waals surface area contributed by atoms with Crippen LogP contribution in [-0.2, 0) is 6.54 Å². The molecule has 0 amide bonds. The minimum atomic E-state index is 0.181. The molecule has 0 saturated heterocycles. The molecule has 0 aromatic carbocycles. The van der Waals surface area contributed by atoms with E-state index in [0.717, 1.165) is 25.3 Å². The zero-order valence-corrected chi connectivity index (χ0v) is 11.9. The predicted molar refractivity (Wildman–Crippen MR) is 72.7 cm³/mol. The van der Waals surface area contributed by atoms with Gasteiger partial charge in [0.05, 0.1) is 12.6 Å². The maximum Gasteiger partial charge on any atom is 0.168 e. The van der Waals surface area contributed by atoms with Crippen LogP contribution in [0.25, 0.3) is 0 Å². The minimum Gasteiger partial charge on any atom is -0.307 e. The van der Waals surface area contributed by atoms with Gasteiger partial charge in [-0.1, -0.05) is 6.92 Å². The summed E-state index contributed by atoms with van der Waals surface area (Å²) in [5.74, 6) is 0.899. The molecule has 0 saturated carbocycles. The number of aryl methyl sites for hydroxylation is 1. The fourth-order valence-electron chi connectivity index (χ4n) is 1.79. The zero-order valence-electron chi connectivity index (χ0n) is 11.1. The number of nitrogens with zero attached hydrogens (tertiary/aromatic N) is 4. The lowest BCUT2D eigenvalue weighted by molar-refractivity contribution is 0.504. The van der Waals surface area contributed by atoms with Gasteiger partial charge in [-0.3, -0.25) is 0 Å². The second-order valence-corrected chi connectivity index (χ2v) is 5.40. The molecule has 0 aliphatic rings. The van der Waals surface area contributed by atoms with Crippen molar-refractivity contribution in [3.05, 3.63) is 27.7 Å². The van der Waals surface area contributed by atoms with Gasteiger partial charge >= 0.3 is 0 Å². The number of tetrazole rings is 1. The molecule has 1 atom stereocenters. The molecule has 0 bridgehead atoms. The van der Waals surface area contributed by atoms with Crippen LogP contribution < -0.4 is 5.32 Å². The van der Waals surface area contributed by atoms with Gasteiger partial charge in [-0.15, -0.1) is 16.4 Å². The molecule has 2 aromatic rings. The van der Waals surface area contributed by atoms with Gasteiger partial charge in [0.15, 0.2) is 5.82 Å². The molecule has 1 N–H and O–H groups in total. The first-order valence-electron chi connectivity index (χ1n) is 6.24. The first-order chi connectivity index (χ1) is 8.72. The predicted octanol–water partition coefficient (Wildman–Crippen LogP) is 2.15. The summed E-state index contributed by atoms with van der Waals surface area (Å²) in [5, 5.41) is 17.5. The molecule has 18 heavy (non-hydrogen) atoms. The third-order valence-corrected chi connectivity index (χ3v) is 3.92. The Morgan fingerprint density at radius 2 is 2.33 bits per heavy atom. The standard InChI is InChI=1S/C12H19N5S/c1-4-6-13-10(3)12-14-15-16-17(12)8-11-9(2)5-7-18-11/h5,7,10,13H,4,6,8H2,1-3H3. The third kappa shape index (κ3) is 2.94. The fraction of sp³-hybridized carbons (Fsp3) is 0.583. The van der Waals surface area contributed by atoms with E-state index >= 15 is 0 Å². The highest BCUT2D eigenvalue weighted by Gasteiger charge is 2.14. The van der Waals surface area contributed by atoms with Gasteiger partial charge in [0.2, 0.25) is 0 Å². The van der Waals surface area contributed by atoms with E-state index in [1.165, 1.54) is 10.4 Å². The molecular weight excluding hydrogens is 246 g/mol. The molecule has 0 radical (unpaired) electrons. The first-order valence-corrected chi connectivity index (χ1v) is 7.12. The van der Waals surface area contributed by atoms with Gasteiger partial charge in [-0.05, 0) is 54.2 Å². The van der Waals surface area contributed by atoms with Crippen molar-refractivity contribution in [1.82, 2.24) is 25.5 Å². The van der Waals surface area contributed by atoms with Gasteiger partial charge in [-0.2, -0.15) is 0 Å². The molecular formula is C12H19N5S. The molecule has 98 valence electrons. The Morgan fingerprint density at radius 1 is 1.50 bits per heavy atom. The highest BCUT2D eigenvalue weighted by atomic mass is 32.1. The second kappa shape index (κ2) is 6.06. The Hall–Kier alpha value is -1.27. The number of rotatable bonds is 6. The Bertz CT molecular complexity index is 490. The summed E-state index contributed by atoms with van der Waals surface area (Å²) < 4.78 is 1.88. The Balaban J connectivity index is 2.10. The maximum absolute atomic E-state index is 4.12. The van der Waals surface area contributed by atoms with Gasteiger partial charge in [0, 0.05) is 4.88 Å². The average Bonchev–Trinajstić information content (AvgIpc) is 2.97. The number of hydrogen-bond donors (Lipinski definition) is 1. The van der Waals surface area contributed by atoms with E-state index in [9.17, 15) is 0 Å². The lowest BCUT2D eigenvalue weighted by atomic mass is 10.2. The molecule has 2 heterocycles. The third-order valence-electron chi connectivity index (χ3n) is 2.91. The van der Waals surface area contributed by atoms with E-state index in [1.54, 1.807) is 11.3 Å². The van der Waals surface area contributed by atoms with Crippen LogP contribution in [0.1, 0.15) is 42.6 Å². The van der Waals surface area contributed by atoms with Crippen molar-refractivity contribution in [3.8, 4) is 0 Å². The molecule has 2 aromatic heterocycles. The molecule has 0 spiro atoms. The van der Waals surface area contributed by atoms with Crippen LogP contribution in [0, 0.1) is 6.92 Å². The van der Waals surface area contributed by atoms with Crippen molar-refractivity contribution in [3.63, 3.8) is 0 Å². The van der Waals surface area contributed by atoms with Crippen LogP contribution >= 0.6 is 11.3 Å². The Kier molecular flexibility index (Phi) is 4.43. The number of nitrogens with one attached hydrogen (secondary N) is 1. The molecule has 0 aliphatic carbocycles. The van der Waals surface area contributed by atoms with E-state index < -0.39 is 0 Å². The summed E-state index contributed by atoms with van der Waals surface area (Å²) >= 11 is 1.75. The molecule has 0 fully saturated rings. The van der Waals surface area contributed by atoms with Crippen molar-refractivity contribution >= 4 is 11.3 Å². The minimum absolute atomic E-state index is 0.181. The molecule has 1 unspecified atom stereocenters. The summed E-state index contributed by atoms with van der Waals surface area (Å²) in [6, 6.07) is 2.31. The smallest absolute Gasteiger partial charge is 0.168 e. The van der Waals surface area contributed by atoms with Crippen LogP contribution in [0.15, 0.2) is 11.4 Å². The van der Waals surface area contributed by atoms with Gasteiger partial charge in [0.1, 0.15) is 0 Å². The van der Waals surface area contributed by atoms with Crippen molar-refractivity contribution < 1.29 is 0 Å². The summed E-state index contributed by atoms with van der Waals surface area (Å²) in [4.78, 5) is 1.31. The normalized spacial score (nSPS) is 12.8. The Labute approximate surface area is 111 Å². The number of thiophene rings is 1. The van der Waals surface area contributed by atoms with E-state index in [-0.39, 0.29) is 6.04 Å². The van der Waals surface area contributed by atoms with E-state index in [2.05, 4.69) is 53.1 Å². The highest BCUT2D eigenvalue weighted by Crippen LogP contribution is 2.18. The van der Waals surface area contributed by atoms with Crippen LogP contribution in [0.4, 0.5) is 0 Å². The van der Waals surface area contributed by atoms with E-state index in [1.807, 2.05) is 4.68 Å². The SMILES string of the molecule is CCCNC(C)c1nnnn1Cc1sccc1C. The quantitative estimate of drug-likeness (QED) is 0.869. The van der Waals surface area contributed by atoms with Gasteiger partial charge in [-0.25, -0.2) is 4.68 Å². The molecule has 0 aliphatic heterocycles. The van der Waals surface area contributed by atoms with Crippen LogP contribution in [0.5, 0.6) is 0 Å². The largest absolute Gasteiger partial charge is 0.307 e. The zero-order chi connectivity index (χ0) is 13.0. The highest BCUT2D eigenvalue weighted by molar-refractivity contribution is 7.10. The lowest BCUT2D eigenvalue weighted by Crippen LogP contribution is -2.23.